The Labute approximate surface area is 150 Å². The number of hydrogen-bond donors (Lipinski definition) is 0. The molecule has 0 aliphatic carbocycles. The molecule has 6 aromatic rings. The van der Waals surface area contributed by atoms with Crippen LogP contribution in [0.15, 0.2) is 73.1 Å². The van der Waals surface area contributed by atoms with Crippen molar-refractivity contribution in [2.24, 2.45) is 14.1 Å². The molecule has 0 aliphatic heterocycles. The molecule has 0 fully saturated rings. The van der Waals surface area contributed by atoms with E-state index < -0.39 is 0 Å². The molecule has 4 aromatic carbocycles. The first kappa shape index (κ1) is 14.0. The van der Waals surface area contributed by atoms with E-state index in [9.17, 15) is 0 Å². The van der Waals surface area contributed by atoms with E-state index in [-0.39, 0.29) is 0 Å². The van der Waals surface area contributed by atoms with Gasteiger partial charge in [0.25, 0.3) is 0 Å². The van der Waals surface area contributed by atoms with Gasteiger partial charge in [0, 0.05) is 48.3 Å². The van der Waals surface area contributed by atoms with E-state index in [2.05, 4.69) is 96.3 Å². The van der Waals surface area contributed by atoms with Crippen LogP contribution in [0, 0.1) is 0 Å². The summed E-state index contributed by atoms with van der Waals surface area (Å²) in [7, 11) is 4.22. The van der Waals surface area contributed by atoms with Crippen molar-refractivity contribution in [3.8, 4) is 0 Å². The first-order valence-corrected chi connectivity index (χ1v) is 8.98. The molecule has 0 bridgehead atoms. The average Bonchev–Trinajstić information content (AvgIpc) is 3.21. The number of aromatic nitrogens is 2. The zero-order chi connectivity index (χ0) is 17.4. The molecule has 0 N–H and O–H groups in total. The fourth-order valence-electron chi connectivity index (χ4n) is 4.41. The van der Waals surface area contributed by atoms with Gasteiger partial charge >= 0.3 is 0 Å². The summed E-state index contributed by atoms with van der Waals surface area (Å²) in [5.41, 5.74) is 2.56. The fourth-order valence-corrected chi connectivity index (χ4v) is 4.41. The SMILES string of the molecule is Cn1ccc2cc3ccc4c5cc6c(ccn6C)cc5ccc4c3cc21. The van der Waals surface area contributed by atoms with Gasteiger partial charge in [-0.2, -0.15) is 0 Å². The molecule has 0 spiro atoms. The lowest BCUT2D eigenvalue weighted by molar-refractivity contribution is 0.970. The molecule has 0 aliphatic rings. The van der Waals surface area contributed by atoms with E-state index >= 15 is 0 Å². The summed E-state index contributed by atoms with van der Waals surface area (Å²) >= 11 is 0. The van der Waals surface area contributed by atoms with Crippen LogP contribution in [-0.4, -0.2) is 9.13 Å². The van der Waals surface area contributed by atoms with E-state index in [1.54, 1.807) is 0 Å². The summed E-state index contributed by atoms with van der Waals surface area (Å²) in [6, 6.07) is 22.7. The van der Waals surface area contributed by atoms with Crippen molar-refractivity contribution < 1.29 is 0 Å². The molecule has 0 unspecified atom stereocenters. The Balaban J connectivity index is 1.82. The number of nitrogens with zero attached hydrogens (tertiary/aromatic N) is 2. The van der Waals surface area contributed by atoms with Crippen LogP contribution in [-0.2, 0) is 14.1 Å². The van der Waals surface area contributed by atoms with Crippen molar-refractivity contribution in [1.29, 1.82) is 0 Å². The Bertz CT molecular complexity index is 1380. The van der Waals surface area contributed by atoms with Crippen LogP contribution in [0.2, 0.25) is 0 Å². The van der Waals surface area contributed by atoms with Crippen LogP contribution in [0.3, 0.4) is 0 Å². The first-order valence-electron chi connectivity index (χ1n) is 8.98. The molecule has 2 aromatic heterocycles. The molecule has 26 heavy (non-hydrogen) atoms. The molecule has 0 saturated carbocycles. The second-order valence-electron chi connectivity index (χ2n) is 7.34. The summed E-state index contributed by atoms with van der Waals surface area (Å²) in [5.74, 6) is 0. The standard InChI is InChI=1S/C24H18N2/c1-25-9-7-17-11-15-3-6-20-19(21(15)13-23(17)25)5-4-16-12-18-8-10-26(2)24(18)14-22(16)20/h3-14H,1-2H3. The largest absolute Gasteiger partial charge is 0.351 e. The van der Waals surface area contributed by atoms with Crippen molar-refractivity contribution in [2.45, 2.75) is 0 Å². The molecule has 124 valence electrons. The predicted octanol–water partition coefficient (Wildman–Crippen LogP) is 6.13. The van der Waals surface area contributed by atoms with Gasteiger partial charge in [-0.1, -0.05) is 24.3 Å². The molecule has 0 radical (unpaired) electrons. The van der Waals surface area contributed by atoms with E-state index in [1.807, 2.05) is 0 Å². The lowest BCUT2D eigenvalue weighted by atomic mass is 9.96. The van der Waals surface area contributed by atoms with Gasteiger partial charge in [0.05, 0.1) is 0 Å². The van der Waals surface area contributed by atoms with Gasteiger partial charge in [0.1, 0.15) is 0 Å². The molecular formula is C24H18N2. The normalized spacial score (nSPS) is 12.2. The zero-order valence-electron chi connectivity index (χ0n) is 14.8. The summed E-state index contributed by atoms with van der Waals surface area (Å²) in [5, 5.41) is 10.5. The minimum Gasteiger partial charge on any atom is -0.351 e. The minimum absolute atomic E-state index is 1.28. The van der Waals surface area contributed by atoms with E-state index in [1.165, 1.54) is 54.1 Å². The lowest BCUT2D eigenvalue weighted by Crippen LogP contribution is -1.87. The van der Waals surface area contributed by atoms with Crippen LogP contribution in [0.4, 0.5) is 0 Å². The second-order valence-corrected chi connectivity index (χ2v) is 7.34. The van der Waals surface area contributed by atoms with Gasteiger partial charge in [-0.15, -0.1) is 0 Å². The number of benzene rings is 4. The Hall–Kier alpha value is -3.26. The van der Waals surface area contributed by atoms with Crippen molar-refractivity contribution >= 4 is 54.1 Å². The van der Waals surface area contributed by atoms with Gasteiger partial charge in [-0.05, 0) is 68.7 Å². The maximum Gasteiger partial charge on any atom is 0.0484 e. The van der Waals surface area contributed by atoms with Crippen molar-refractivity contribution in [1.82, 2.24) is 9.13 Å². The molecule has 2 heteroatoms. The van der Waals surface area contributed by atoms with Gasteiger partial charge in [-0.25, -0.2) is 0 Å². The van der Waals surface area contributed by atoms with Crippen molar-refractivity contribution in [2.75, 3.05) is 0 Å². The summed E-state index contributed by atoms with van der Waals surface area (Å²) in [6.45, 7) is 0. The Morgan fingerprint density at radius 1 is 0.462 bits per heavy atom. The van der Waals surface area contributed by atoms with Crippen LogP contribution >= 0.6 is 0 Å². The molecule has 2 nitrogen and oxygen atoms in total. The minimum atomic E-state index is 1.28. The summed E-state index contributed by atoms with van der Waals surface area (Å²) in [6.07, 6.45) is 4.26. The monoisotopic (exact) mass is 334 g/mol. The Morgan fingerprint density at radius 3 is 1.38 bits per heavy atom. The summed E-state index contributed by atoms with van der Waals surface area (Å²) in [4.78, 5) is 0. The second kappa shape index (κ2) is 4.67. The molecule has 0 atom stereocenters. The third kappa shape index (κ3) is 1.71. The highest BCUT2D eigenvalue weighted by molar-refractivity contribution is 6.20. The number of rotatable bonds is 0. The Kier molecular flexibility index (Phi) is 2.51. The van der Waals surface area contributed by atoms with E-state index in [0.717, 1.165) is 0 Å². The molecule has 0 saturated heterocycles. The molecule has 0 amide bonds. The Morgan fingerprint density at radius 2 is 0.923 bits per heavy atom. The highest BCUT2D eigenvalue weighted by atomic mass is 14.9. The van der Waals surface area contributed by atoms with Crippen molar-refractivity contribution in [3.05, 3.63) is 73.1 Å². The third-order valence-electron chi connectivity index (χ3n) is 5.84. The fraction of sp³-hybridized carbons (Fsp3) is 0.0833. The van der Waals surface area contributed by atoms with Crippen LogP contribution in [0.25, 0.3) is 54.1 Å². The number of aryl methyl sites for hydroxylation is 2. The highest BCUT2D eigenvalue weighted by Gasteiger charge is 2.09. The van der Waals surface area contributed by atoms with Crippen LogP contribution in [0.5, 0.6) is 0 Å². The number of hydrogen-bond acceptors (Lipinski definition) is 0. The maximum atomic E-state index is 2.33. The summed E-state index contributed by atoms with van der Waals surface area (Å²) < 4.78 is 4.39. The van der Waals surface area contributed by atoms with E-state index in [0.29, 0.717) is 0 Å². The number of fused-ring (bicyclic) bond motifs is 7. The van der Waals surface area contributed by atoms with E-state index in [4.69, 9.17) is 0 Å². The van der Waals surface area contributed by atoms with Crippen LogP contribution < -0.4 is 0 Å². The lowest BCUT2D eigenvalue weighted by Gasteiger charge is -2.09. The topological polar surface area (TPSA) is 9.86 Å². The van der Waals surface area contributed by atoms with Gasteiger partial charge in [-0.3, -0.25) is 0 Å². The van der Waals surface area contributed by atoms with Gasteiger partial charge in [0.15, 0.2) is 0 Å². The van der Waals surface area contributed by atoms with Gasteiger partial charge < -0.3 is 9.13 Å². The zero-order valence-corrected chi connectivity index (χ0v) is 14.8. The average molecular weight is 334 g/mol. The first-order chi connectivity index (χ1) is 12.7. The maximum absolute atomic E-state index is 2.33. The predicted molar refractivity (Wildman–Crippen MR) is 112 cm³/mol. The molecular weight excluding hydrogens is 316 g/mol. The quantitative estimate of drug-likeness (QED) is 0.296. The van der Waals surface area contributed by atoms with Gasteiger partial charge in [0.2, 0.25) is 0 Å². The van der Waals surface area contributed by atoms with Crippen LogP contribution in [0.1, 0.15) is 0 Å². The van der Waals surface area contributed by atoms with Crippen molar-refractivity contribution in [3.63, 3.8) is 0 Å². The smallest absolute Gasteiger partial charge is 0.0484 e. The molecule has 2 heterocycles. The third-order valence-corrected chi connectivity index (χ3v) is 5.84. The molecule has 6 rings (SSSR count). The highest BCUT2D eigenvalue weighted by Crippen LogP contribution is 2.35.